The van der Waals surface area contributed by atoms with Gasteiger partial charge in [0.2, 0.25) is 5.13 Å². The number of carbonyl (C=O) groups excluding carboxylic acids is 1. The molecule has 78 valence electrons. The molecule has 0 unspecified atom stereocenters. The van der Waals surface area contributed by atoms with E-state index in [1.807, 2.05) is 20.8 Å². The molecule has 2 amide bonds. The van der Waals surface area contributed by atoms with Gasteiger partial charge in [-0.05, 0) is 53.7 Å². The standard InChI is InChI=1S/C7H11N3OS3/c1-7(2,3)10-4(11)8-5-9-6(12)14-13-5/h1-3H3,(H2,8,9,10,11,12). The lowest BCUT2D eigenvalue weighted by molar-refractivity contribution is 0.244. The van der Waals surface area contributed by atoms with E-state index in [0.717, 1.165) is 0 Å². The molecule has 0 atom stereocenters. The van der Waals surface area contributed by atoms with Gasteiger partial charge in [0, 0.05) is 5.54 Å². The van der Waals surface area contributed by atoms with Crippen LogP contribution < -0.4 is 10.6 Å². The van der Waals surface area contributed by atoms with Gasteiger partial charge >= 0.3 is 6.03 Å². The molecule has 0 saturated carbocycles. The number of hydrogen-bond acceptors (Lipinski definition) is 5. The number of anilines is 1. The summed E-state index contributed by atoms with van der Waals surface area (Å²) in [6.45, 7) is 5.74. The fourth-order valence-electron chi connectivity index (χ4n) is 0.713. The zero-order valence-electron chi connectivity index (χ0n) is 8.08. The second-order valence-corrected chi connectivity index (χ2v) is 6.43. The van der Waals surface area contributed by atoms with Gasteiger partial charge in [0.05, 0.1) is 0 Å². The van der Waals surface area contributed by atoms with Gasteiger partial charge in [0.1, 0.15) is 0 Å². The van der Waals surface area contributed by atoms with Crippen LogP contribution in [0.5, 0.6) is 0 Å². The molecular weight excluding hydrogens is 238 g/mol. The van der Waals surface area contributed by atoms with Crippen LogP contribution in [0.3, 0.4) is 0 Å². The van der Waals surface area contributed by atoms with E-state index in [-0.39, 0.29) is 11.6 Å². The van der Waals surface area contributed by atoms with Gasteiger partial charge in [0.15, 0.2) is 3.95 Å². The van der Waals surface area contributed by atoms with Crippen LogP contribution in [0.1, 0.15) is 20.8 Å². The summed E-state index contributed by atoms with van der Waals surface area (Å²) >= 11 is 4.84. The largest absolute Gasteiger partial charge is 0.333 e. The third kappa shape index (κ3) is 4.12. The first-order valence-electron chi connectivity index (χ1n) is 3.93. The average Bonchev–Trinajstić information content (AvgIpc) is 2.30. The normalized spacial score (nSPS) is 11.1. The predicted octanol–water partition coefficient (Wildman–Crippen LogP) is 2.85. The third-order valence-electron chi connectivity index (χ3n) is 1.09. The van der Waals surface area contributed by atoms with Gasteiger partial charge in [-0.3, -0.25) is 5.32 Å². The number of aromatic nitrogens is 1. The fraction of sp³-hybridized carbons (Fsp3) is 0.571. The Hall–Kier alpha value is -0.530. The van der Waals surface area contributed by atoms with Crippen LogP contribution >= 0.6 is 32.9 Å². The number of rotatable bonds is 1. The second kappa shape index (κ2) is 4.33. The molecule has 0 bridgehead atoms. The molecule has 1 aromatic rings. The Kier molecular flexibility index (Phi) is 3.57. The number of carbonyl (C=O) groups is 1. The second-order valence-electron chi connectivity index (χ2n) is 3.68. The van der Waals surface area contributed by atoms with Crippen LogP contribution in [0, 0.1) is 3.95 Å². The first kappa shape index (κ1) is 11.5. The van der Waals surface area contributed by atoms with Crippen molar-refractivity contribution in [3.63, 3.8) is 0 Å². The molecule has 14 heavy (non-hydrogen) atoms. The minimum absolute atomic E-state index is 0.248. The van der Waals surface area contributed by atoms with Gasteiger partial charge < -0.3 is 5.32 Å². The van der Waals surface area contributed by atoms with Crippen molar-refractivity contribution in [3.8, 4) is 0 Å². The quantitative estimate of drug-likeness (QED) is 0.594. The van der Waals surface area contributed by atoms with E-state index in [1.165, 1.54) is 20.7 Å². The number of nitrogens with one attached hydrogen (secondary N) is 2. The van der Waals surface area contributed by atoms with Gasteiger partial charge in [-0.1, -0.05) is 0 Å². The highest BCUT2D eigenvalue weighted by atomic mass is 32.9. The Morgan fingerprint density at radius 3 is 2.50 bits per heavy atom. The van der Waals surface area contributed by atoms with Gasteiger partial charge in [-0.25, -0.2) is 4.79 Å². The molecule has 1 aromatic heterocycles. The molecule has 0 radical (unpaired) electrons. The molecule has 0 aliphatic rings. The molecule has 0 aliphatic carbocycles. The number of nitrogens with zero attached hydrogens (tertiary/aromatic N) is 1. The Labute approximate surface area is 94.8 Å². The Morgan fingerprint density at radius 2 is 2.07 bits per heavy atom. The summed E-state index contributed by atoms with van der Waals surface area (Å²) in [5, 5.41) is 5.93. The molecule has 4 nitrogen and oxygen atoms in total. The van der Waals surface area contributed by atoms with Crippen molar-refractivity contribution in [2.75, 3.05) is 5.32 Å². The average molecular weight is 249 g/mol. The Morgan fingerprint density at radius 1 is 1.43 bits per heavy atom. The van der Waals surface area contributed by atoms with Crippen molar-refractivity contribution >= 4 is 44.1 Å². The maximum Gasteiger partial charge on any atom is 0.321 e. The minimum Gasteiger partial charge on any atom is -0.333 e. The molecule has 0 aromatic carbocycles. The molecule has 0 spiro atoms. The summed E-state index contributed by atoms with van der Waals surface area (Å²) in [7, 11) is 2.73. The zero-order valence-corrected chi connectivity index (χ0v) is 10.5. The summed E-state index contributed by atoms with van der Waals surface area (Å²) in [5.74, 6) is 0. The predicted molar refractivity (Wildman–Crippen MR) is 62.7 cm³/mol. The third-order valence-corrected chi connectivity index (χ3v) is 3.62. The lowest BCUT2D eigenvalue weighted by Crippen LogP contribution is -2.43. The smallest absolute Gasteiger partial charge is 0.321 e. The Bertz CT molecular complexity index is 376. The van der Waals surface area contributed by atoms with Gasteiger partial charge in [-0.15, -0.1) is 0 Å². The van der Waals surface area contributed by atoms with Crippen LogP contribution in [0.4, 0.5) is 9.93 Å². The van der Waals surface area contributed by atoms with E-state index in [1.54, 1.807) is 0 Å². The Balaban J connectivity index is 2.54. The summed E-state index contributed by atoms with van der Waals surface area (Å²) in [6, 6.07) is -0.256. The van der Waals surface area contributed by atoms with E-state index < -0.39 is 0 Å². The fourth-order valence-corrected chi connectivity index (χ4v) is 2.57. The minimum atomic E-state index is -0.256. The highest BCUT2D eigenvalue weighted by Crippen LogP contribution is 2.18. The van der Waals surface area contributed by atoms with Crippen LogP contribution in [0.2, 0.25) is 0 Å². The molecule has 0 aliphatic heterocycles. The van der Waals surface area contributed by atoms with E-state index >= 15 is 0 Å². The maximum absolute atomic E-state index is 11.4. The number of amides is 2. The SMILES string of the molecule is CC(C)(C)NC(=O)Nc1nc(=S)ss1. The van der Waals surface area contributed by atoms with Crippen molar-refractivity contribution in [3.05, 3.63) is 3.95 Å². The van der Waals surface area contributed by atoms with E-state index in [4.69, 9.17) is 12.2 Å². The van der Waals surface area contributed by atoms with Crippen molar-refractivity contribution in [1.82, 2.24) is 10.3 Å². The van der Waals surface area contributed by atoms with E-state index in [2.05, 4.69) is 15.6 Å². The lowest BCUT2D eigenvalue weighted by Gasteiger charge is -2.19. The summed E-state index contributed by atoms with van der Waals surface area (Å²) in [6.07, 6.45) is 0. The molecule has 1 rings (SSSR count). The topological polar surface area (TPSA) is 54.0 Å². The highest BCUT2D eigenvalue weighted by molar-refractivity contribution is 7.79. The molecule has 2 N–H and O–H groups in total. The molecular formula is C7H11N3OS3. The van der Waals surface area contributed by atoms with Crippen LogP contribution in [-0.4, -0.2) is 16.6 Å². The zero-order chi connectivity index (χ0) is 10.8. The summed E-state index contributed by atoms with van der Waals surface area (Å²) in [5.41, 5.74) is -0.248. The van der Waals surface area contributed by atoms with Crippen LogP contribution in [0.25, 0.3) is 0 Å². The highest BCUT2D eigenvalue weighted by Gasteiger charge is 2.14. The van der Waals surface area contributed by atoms with Crippen molar-refractivity contribution in [2.24, 2.45) is 0 Å². The lowest BCUT2D eigenvalue weighted by atomic mass is 10.1. The van der Waals surface area contributed by atoms with Crippen molar-refractivity contribution in [2.45, 2.75) is 26.3 Å². The van der Waals surface area contributed by atoms with E-state index in [9.17, 15) is 4.79 Å². The maximum atomic E-state index is 11.4. The van der Waals surface area contributed by atoms with E-state index in [0.29, 0.717) is 9.09 Å². The molecule has 7 heteroatoms. The number of urea groups is 1. The van der Waals surface area contributed by atoms with Gasteiger partial charge in [0.25, 0.3) is 0 Å². The van der Waals surface area contributed by atoms with Crippen molar-refractivity contribution in [1.29, 1.82) is 0 Å². The summed E-state index contributed by atoms with van der Waals surface area (Å²) < 4.78 is 0.543. The molecule has 0 saturated heterocycles. The molecule has 1 heterocycles. The number of hydrogen-bond donors (Lipinski definition) is 2. The van der Waals surface area contributed by atoms with Crippen LogP contribution in [0.15, 0.2) is 0 Å². The summed E-state index contributed by atoms with van der Waals surface area (Å²) in [4.78, 5) is 15.3. The molecule has 0 fully saturated rings. The van der Waals surface area contributed by atoms with Crippen molar-refractivity contribution < 1.29 is 4.79 Å². The first-order valence-corrected chi connectivity index (χ1v) is 6.49. The van der Waals surface area contributed by atoms with Gasteiger partial charge in [-0.2, -0.15) is 4.98 Å². The first-order chi connectivity index (χ1) is 6.37. The monoisotopic (exact) mass is 249 g/mol. The van der Waals surface area contributed by atoms with Crippen LogP contribution in [-0.2, 0) is 0 Å².